The fourth-order valence-corrected chi connectivity index (χ4v) is 2.47. The second-order valence-corrected chi connectivity index (χ2v) is 5.36. The van der Waals surface area contributed by atoms with Gasteiger partial charge in [-0.2, -0.15) is 4.68 Å². The lowest BCUT2D eigenvalue weighted by atomic mass is 10.1. The topological polar surface area (TPSA) is 174 Å². The van der Waals surface area contributed by atoms with Crippen LogP contribution in [0.3, 0.4) is 0 Å². The van der Waals surface area contributed by atoms with Crippen LogP contribution >= 0.6 is 0 Å². The zero-order valence-corrected chi connectivity index (χ0v) is 13.1. The van der Waals surface area contributed by atoms with Gasteiger partial charge in [-0.25, -0.2) is 0 Å². The van der Waals surface area contributed by atoms with Crippen LogP contribution in [0.5, 0.6) is 0 Å². The molecule has 0 saturated carbocycles. The van der Waals surface area contributed by atoms with Crippen LogP contribution in [0.1, 0.15) is 31.7 Å². The summed E-state index contributed by atoms with van der Waals surface area (Å²) in [6.45, 7) is 0.753. The van der Waals surface area contributed by atoms with E-state index in [0.717, 1.165) is 0 Å². The molecule has 2 rings (SSSR count). The minimum atomic E-state index is -1.49. The zero-order chi connectivity index (χ0) is 17.9. The summed E-state index contributed by atoms with van der Waals surface area (Å²) in [7, 11) is 0. The molecule has 2 heterocycles. The maximum Gasteiger partial charge on any atom is 0.296 e. The zero-order valence-electron chi connectivity index (χ0n) is 13.1. The molecule has 134 valence electrons. The summed E-state index contributed by atoms with van der Waals surface area (Å²) in [5, 5.41) is 55.8. The van der Waals surface area contributed by atoms with Crippen molar-refractivity contribution in [2.45, 2.75) is 44.3 Å². The SMILES string of the molecule is CCCC(=N)c1nnn(C2OC(CO)C(O)C2O)c(=O)c1NCO. The molecular formula is C13H21N5O6. The molecule has 1 saturated heterocycles. The number of hydrogen-bond donors (Lipinski definition) is 6. The largest absolute Gasteiger partial charge is 0.394 e. The van der Waals surface area contributed by atoms with Crippen molar-refractivity contribution in [1.29, 1.82) is 5.41 Å². The smallest absolute Gasteiger partial charge is 0.296 e. The predicted molar refractivity (Wildman–Crippen MR) is 81.7 cm³/mol. The van der Waals surface area contributed by atoms with Gasteiger partial charge in [0.1, 0.15) is 36.4 Å². The van der Waals surface area contributed by atoms with Crippen molar-refractivity contribution in [2.75, 3.05) is 18.7 Å². The highest BCUT2D eigenvalue weighted by molar-refractivity contribution is 6.00. The van der Waals surface area contributed by atoms with Crippen molar-refractivity contribution in [3.05, 3.63) is 16.0 Å². The minimum Gasteiger partial charge on any atom is -0.394 e. The summed E-state index contributed by atoms with van der Waals surface area (Å²) in [6, 6.07) is 0. The van der Waals surface area contributed by atoms with Gasteiger partial charge < -0.3 is 35.9 Å². The van der Waals surface area contributed by atoms with Crippen molar-refractivity contribution in [3.8, 4) is 0 Å². The Bertz CT molecular complexity index is 650. The van der Waals surface area contributed by atoms with Gasteiger partial charge in [-0.15, -0.1) is 5.10 Å². The number of nitrogens with one attached hydrogen (secondary N) is 2. The number of aliphatic hydroxyl groups is 4. The molecule has 0 bridgehead atoms. The number of rotatable bonds is 7. The van der Waals surface area contributed by atoms with E-state index in [0.29, 0.717) is 17.5 Å². The fraction of sp³-hybridized carbons (Fsp3) is 0.692. The van der Waals surface area contributed by atoms with Gasteiger partial charge in [0.2, 0.25) is 0 Å². The minimum absolute atomic E-state index is 0.00102. The van der Waals surface area contributed by atoms with Crippen LogP contribution in [0, 0.1) is 5.41 Å². The Morgan fingerprint density at radius 2 is 2.08 bits per heavy atom. The molecule has 0 spiro atoms. The summed E-state index contributed by atoms with van der Waals surface area (Å²) < 4.78 is 5.96. The molecule has 4 unspecified atom stereocenters. The molecule has 11 heteroatoms. The average Bonchev–Trinajstić information content (AvgIpc) is 2.85. The molecule has 0 amide bonds. The van der Waals surface area contributed by atoms with Crippen LogP contribution in [0.2, 0.25) is 0 Å². The molecule has 0 radical (unpaired) electrons. The van der Waals surface area contributed by atoms with E-state index in [1.807, 2.05) is 6.92 Å². The maximum absolute atomic E-state index is 12.6. The number of aliphatic hydroxyl groups excluding tert-OH is 4. The second-order valence-electron chi connectivity index (χ2n) is 5.36. The number of nitrogens with zero attached hydrogens (tertiary/aromatic N) is 3. The third-order valence-electron chi connectivity index (χ3n) is 3.70. The molecule has 0 aromatic carbocycles. The molecule has 24 heavy (non-hydrogen) atoms. The van der Waals surface area contributed by atoms with Gasteiger partial charge >= 0.3 is 0 Å². The van der Waals surface area contributed by atoms with E-state index in [4.69, 9.17) is 20.4 Å². The van der Waals surface area contributed by atoms with Gasteiger partial charge in [-0.3, -0.25) is 4.79 Å². The first-order valence-electron chi connectivity index (χ1n) is 7.50. The Hall–Kier alpha value is -1.92. The molecule has 1 aliphatic rings. The van der Waals surface area contributed by atoms with Crippen molar-refractivity contribution in [1.82, 2.24) is 15.0 Å². The van der Waals surface area contributed by atoms with E-state index in [-0.39, 0.29) is 17.1 Å². The van der Waals surface area contributed by atoms with Crippen molar-refractivity contribution in [3.63, 3.8) is 0 Å². The molecular weight excluding hydrogens is 322 g/mol. The Labute approximate surface area is 137 Å². The first-order chi connectivity index (χ1) is 11.5. The average molecular weight is 343 g/mol. The van der Waals surface area contributed by atoms with Crippen molar-refractivity contribution in [2.24, 2.45) is 0 Å². The standard InChI is InChI=1S/C13H21N5O6/c1-2-3-6(14)8-9(15-5-20)12(23)18(17-16-8)13-11(22)10(21)7(4-19)24-13/h7,10-11,13-15,19-22H,2-5H2,1H3. The highest BCUT2D eigenvalue weighted by Gasteiger charge is 2.44. The van der Waals surface area contributed by atoms with Crippen LogP contribution in [-0.4, -0.2) is 72.8 Å². The van der Waals surface area contributed by atoms with Crippen LogP contribution in [0.25, 0.3) is 0 Å². The lowest BCUT2D eigenvalue weighted by molar-refractivity contribution is -0.0622. The summed E-state index contributed by atoms with van der Waals surface area (Å²) in [5.74, 6) is 0. The van der Waals surface area contributed by atoms with Crippen LogP contribution in [-0.2, 0) is 4.74 Å². The molecule has 0 aliphatic carbocycles. The Kier molecular flexibility index (Phi) is 5.96. The molecule has 4 atom stereocenters. The normalized spacial score (nSPS) is 26.5. The van der Waals surface area contributed by atoms with E-state index in [2.05, 4.69) is 15.6 Å². The Morgan fingerprint density at radius 1 is 1.38 bits per heavy atom. The molecule has 1 aromatic rings. The number of aromatic nitrogens is 3. The molecule has 6 N–H and O–H groups in total. The van der Waals surface area contributed by atoms with Gasteiger partial charge in [0.25, 0.3) is 5.56 Å². The first kappa shape index (κ1) is 18.4. The van der Waals surface area contributed by atoms with E-state index in [1.165, 1.54) is 0 Å². The molecule has 1 aliphatic heterocycles. The van der Waals surface area contributed by atoms with E-state index in [9.17, 15) is 15.0 Å². The second kappa shape index (κ2) is 7.77. The third kappa shape index (κ3) is 3.30. The van der Waals surface area contributed by atoms with Gasteiger partial charge in [-0.1, -0.05) is 18.6 Å². The van der Waals surface area contributed by atoms with Crippen molar-refractivity contribution >= 4 is 11.4 Å². The van der Waals surface area contributed by atoms with Gasteiger partial charge in [-0.05, 0) is 6.42 Å². The predicted octanol–water partition coefficient (Wildman–Crippen LogP) is -2.22. The molecule has 1 aromatic heterocycles. The monoisotopic (exact) mass is 343 g/mol. The highest BCUT2D eigenvalue weighted by Crippen LogP contribution is 2.27. The van der Waals surface area contributed by atoms with E-state index in [1.54, 1.807) is 0 Å². The summed E-state index contributed by atoms with van der Waals surface area (Å²) in [5.41, 5.74) is -0.848. The van der Waals surface area contributed by atoms with Crippen LogP contribution in [0.15, 0.2) is 4.79 Å². The lowest BCUT2D eigenvalue weighted by Gasteiger charge is -2.18. The maximum atomic E-state index is 12.6. The van der Waals surface area contributed by atoms with E-state index >= 15 is 0 Å². The highest BCUT2D eigenvalue weighted by atomic mass is 16.6. The number of ether oxygens (including phenoxy) is 1. The summed E-state index contributed by atoms with van der Waals surface area (Å²) >= 11 is 0. The van der Waals surface area contributed by atoms with Crippen LogP contribution in [0.4, 0.5) is 5.69 Å². The van der Waals surface area contributed by atoms with Crippen LogP contribution < -0.4 is 10.9 Å². The summed E-state index contributed by atoms with van der Waals surface area (Å²) in [4.78, 5) is 12.6. The van der Waals surface area contributed by atoms with Gasteiger partial charge in [0, 0.05) is 0 Å². The lowest BCUT2D eigenvalue weighted by Crippen LogP contribution is -2.38. The van der Waals surface area contributed by atoms with Gasteiger partial charge in [0.05, 0.1) is 12.3 Å². The Balaban J connectivity index is 2.44. The fourth-order valence-electron chi connectivity index (χ4n) is 2.47. The number of hydrogen-bond acceptors (Lipinski definition) is 10. The third-order valence-corrected chi connectivity index (χ3v) is 3.70. The van der Waals surface area contributed by atoms with Gasteiger partial charge in [0.15, 0.2) is 6.23 Å². The van der Waals surface area contributed by atoms with E-state index < -0.39 is 43.4 Å². The Morgan fingerprint density at radius 3 is 2.62 bits per heavy atom. The number of anilines is 1. The molecule has 11 nitrogen and oxygen atoms in total. The quantitative estimate of drug-likeness (QED) is 0.237. The summed E-state index contributed by atoms with van der Waals surface area (Å²) in [6.07, 6.45) is -4.25. The first-order valence-corrected chi connectivity index (χ1v) is 7.50. The van der Waals surface area contributed by atoms with Crippen molar-refractivity contribution < 1.29 is 25.2 Å². The molecule has 1 fully saturated rings.